The van der Waals surface area contributed by atoms with Crippen molar-refractivity contribution in [3.63, 3.8) is 0 Å². The Bertz CT molecular complexity index is 950. The summed E-state index contributed by atoms with van der Waals surface area (Å²) in [7, 11) is 5.92. The summed E-state index contributed by atoms with van der Waals surface area (Å²) in [6.45, 7) is 4.21. The van der Waals surface area contributed by atoms with E-state index in [1.54, 1.807) is 13.3 Å². The molecule has 1 heterocycles. The number of hydrogen-bond acceptors (Lipinski definition) is 4. The van der Waals surface area contributed by atoms with Crippen molar-refractivity contribution in [2.24, 2.45) is 4.99 Å². The number of halogens is 1. The molecule has 0 spiro atoms. The summed E-state index contributed by atoms with van der Waals surface area (Å²) in [5, 5.41) is 6.67. The van der Waals surface area contributed by atoms with Gasteiger partial charge >= 0.3 is 0 Å². The number of nitrogens with zero attached hydrogens (tertiary/aromatic N) is 3. The highest BCUT2D eigenvalue weighted by Gasteiger charge is 2.08. The maximum Gasteiger partial charge on any atom is 0.226 e. The number of hydrogen-bond donors (Lipinski definition) is 2. The van der Waals surface area contributed by atoms with Crippen LogP contribution in [0.1, 0.15) is 22.4 Å². The Labute approximate surface area is 195 Å². The third-order valence-corrected chi connectivity index (χ3v) is 4.56. The fourth-order valence-corrected chi connectivity index (χ4v) is 3.02. The van der Waals surface area contributed by atoms with Crippen molar-refractivity contribution in [1.29, 1.82) is 0 Å². The van der Waals surface area contributed by atoms with E-state index in [4.69, 9.17) is 4.42 Å². The molecule has 0 saturated carbocycles. The first-order chi connectivity index (χ1) is 14.0. The summed E-state index contributed by atoms with van der Waals surface area (Å²) in [6.07, 6.45) is 1.68. The normalized spacial score (nSPS) is 11.3. The van der Waals surface area contributed by atoms with E-state index in [0.29, 0.717) is 19.0 Å². The number of aromatic nitrogens is 1. The number of aryl methyl sites for hydroxylation is 1. The molecule has 7 heteroatoms. The second kappa shape index (κ2) is 11.7. The van der Waals surface area contributed by atoms with Crippen LogP contribution in [0.4, 0.5) is 0 Å². The molecule has 6 nitrogen and oxygen atoms in total. The molecule has 3 rings (SSSR count). The Morgan fingerprint density at radius 2 is 1.67 bits per heavy atom. The molecule has 1 aromatic heterocycles. The molecule has 0 fully saturated rings. The molecule has 2 N–H and O–H groups in total. The minimum absolute atomic E-state index is 0. The summed E-state index contributed by atoms with van der Waals surface area (Å²) < 4.78 is 5.62. The van der Waals surface area contributed by atoms with Gasteiger partial charge in [0.2, 0.25) is 5.89 Å². The van der Waals surface area contributed by atoms with Crippen molar-refractivity contribution < 1.29 is 4.42 Å². The zero-order valence-corrected chi connectivity index (χ0v) is 20.3. The Kier molecular flexibility index (Phi) is 9.32. The van der Waals surface area contributed by atoms with Crippen LogP contribution in [0.25, 0.3) is 11.5 Å². The summed E-state index contributed by atoms with van der Waals surface area (Å²) >= 11 is 0. The van der Waals surface area contributed by atoms with E-state index in [2.05, 4.69) is 82.9 Å². The van der Waals surface area contributed by atoms with Crippen molar-refractivity contribution in [2.45, 2.75) is 26.6 Å². The molecule has 0 atom stereocenters. The average Bonchev–Trinajstić information content (AvgIpc) is 3.18. The predicted molar refractivity (Wildman–Crippen MR) is 133 cm³/mol. The molecule has 0 amide bonds. The number of nitrogens with one attached hydrogen (secondary N) is 2. The van der Waals surface area contributed by atoms with Crippen LogP contribution in [0.15, 0.2) is 64.2 Å². The second-order valence-electron chi connectivity index (χ2n) is 7.30. The van der Waals surface area contributed by atoms with Crippen LogP contribution < -0.4 is 10.6 Å². The summed E-state index contributed by atoms with van der Waals surface area (Å²) in [4.78, 5) is 11.0. The van der Waals surface area contributed by atoms with Gasteiger partial charge in [-0.15, -0.1) is 24.0 Å². The largest absolute Gasteiger partial charge is 0.444 e. The Morgan fingerprint density at radius 3 is 2.33 bits per heavy atom. The summed E-state index contributed by atoms with van der Waals surface area (Å²) in [6, 6.07) is 16.6. The van der Waals surface area contributed by atoms with Gasteiger partial charge in [0.1, 0.15) is 6.26 Å². The number of rotatable bonds is 7. The smallest absolute Gasteiger partial charge is 0.226 e. The summed E-state index contributed by atoms with van der Waals surface area (Å²) in [5.41, 5.74) is 5.58. The zero-order valence-electron chi connectivity index (χ0n) is 18.0. The van der Waals surface area contributed by atoms with Crippen LogP contribution in [0.2, 0.25) is 0 Å². The highest BCUT2D eigenvalue weighted by atomic mass is 127. The first-order valence-electron chi connectivity index (χ1n) is 9.72. The lowest BCUT2D eigenvalue weighted by Gasteiger charge is -2.16. The van der Waals surface area contributed by atoms with Gasteiger partial charge in [-0.1, -0.05) is 42.0 Å². The lowest BCUT2D eigenvalue weighted by atomic mass is 10.1. The molecular weight excluding hydrogens is 489 g/mol. The van der Waals surface area contributed by atoms with Crippen molar-refractivity contribution in [3.8, 4) is 11.5 Å². The number of aliphatic imine (C=N–C) groups is 1. The van der Waals surface area contributed by atoms with Gasteiger partial charge in [-0.25, -0.2) is 4.98 Å². The van der Waals surface area contributed by atoms with Crippen LogP contribution >= 0.6 is 24.0 Å². The third kappa shape index (κ3) is 6.84. The van der Waals surface area contributed by atoms with Crippen LogP contribution in [0.3, 0.4) is 0 Å². The molecule has 0 aliphatic heterocycles. The van der Waals surface area contributed by atoms with Crippen molar-refractivity contribution in [2.75, 3.05) is 21.1 Å². The SMILES string of the molecule is CN=C(NCc1coc(-c2ccc(C)cc2)n1)NCc1ccccc1CN(C)C.I. The van der Waals surface area contributed by atoms with Gasteiger partial charge in [-0.05, 0) is 44.3 Å². The van der Waals surface area contributed by atoms with Gasteiger partial charge in [0, 0.05) is 25.7 Å². The molecule has 0 bridgehead atoms. The topological polar surface area (TPSA) is 65.7 Å². The highest BCUT2D eigenvalue weighted by Crippen LogP contribution is 2.19. The van der Waals surface area contributed by atoms with E-state index in [9.17, 15) is 0 Å². The summed E-state index contributed by atoms with van der Waals surface area (Å²) in [5.74, 6) is 1.35. The first kappa shape index (κ1) is 23.9. The third-order valence-electron chi connectivity index (χ3n) is 4.56. The number of benzene rings is 2. The van der Waals surface area contributed by atoms with Gasteiger partial charge in [0.05, 0.1) is 12.2 Å². The maximum atomic E-state index is 5.62. The average molecular weight is 519 g/mol. The lowest BCUT2D eigenvalue weighted by molar-refractivity contribution is 0.400. The molecule has 160 valence electrons. The van der Waals surface area contributed by atoms with Crippen LogP contribution in [-0.2, 0) is 19.6 Å². The molecule has 0 aliphatic carbocycles. The van der Waals surface area contributed by atoms with E-state index < -0.39 is 0 Å². The standard InChI is InChI=1S/C23H29N5O.HI/c1-17-9-11-18(12-10-17)22-27-21(16-29-22)14-26-23(24-2)25-13-19-7-5-6-8-20(19)15-28(3)4;/h5-12,16H,13-15H2,1-4H3,(H2,24,25,26);1H. The van der Waals surface area contributed by atoms with E-state index in [-0.39, 0.29) is 24.0 Å². The van der Waals surface area contributed by atoms with Crippen LogP contribution in [0, 0.1) is 6.92 Å². The van der Waals surface area contributed by atoms with Crippen LogP contribution in [-0.4, -0.2) is 37.0 Å². The van der Waals surface area contributed by atoms with E-state index in [1.807, 2.05) is 12.1 Å². The minimum atomic E-state index is 0. The second-order valence-corrected chi connectivity index (χ2v) is 7.30. The van der Waals surface area contributed by atoms with E-state index in [1.165, 1.54) is 16.7 Å². The van der Waals surface area contributed by atoms with Gasteiger partial charge in [-0.3, -0.25) is 4.99 Å². The maximum absolute atomic E-state index is 5.62. The van der Waals surface area contributed by atoms with Crippen molar-refractivity contribution >= 4 is 29.9 Å². The van der Waals surface area contributed by atoms with Gasteiger partial charge in [0.15, 0.2) is 5.96 Å². The Balaban J connectivity index is 0.00000320. The fourth-order valence-electron chi connectivity index (χ4n) is 3.02. The van der Waals surface area contributed by atoms with Crippen LogP contribution in [0.5, 0.6) is 0 Å². The van der Waals surface area contributed by atoms with Crippen molar-refractivity contribution in [1.82, 2.24) is 20.5 Å². The highest BCUT2D eigenvalue weighted by molar-refractivity contribution is 14.0. The molecule has 0 aliphatic rings. The van der Waals surface area contributed by atoms with Gasteiger partial charge < -0.3 is 20.0 Å². The Hall–Kier alpha value is -2.39. The van der Waals surface area contributed by atoms with E-state index in [0.717, 1.165) is 23.8 Å². The molecule has 3 aromatic rings. The molecule has 30 heavy (non-hydrogen) atoms. The minimum Gasteiger partial charge on any atom is -0.444 e. The fraction of sp³-hybridized carbons (Fsp3) is 0.304. The Morgan fingerprint density at radius 1 is 1.00 bits per heavy atom. The molecule has 2 aromatic carbocycles. The number of guanidine groups is 1. The first-order valence-corrected chi connectivity index (χ1v) is 9.72. The predicted octanol–water partition coefficient (Wildman–Crippen LogP) is 4.19. The lowest BCUT2D eigenvalue weighted by Crippen LogP contribution is -2.36. The van der Waals surface area contributed by atoms with Gasteiger partial charge in [0.25, 0.3) is 0 Å². The van der Waals surface area contributed by atoms with E-state index >= 15 is 0 Å². The zero-order chi connectivity index (χ0) is 20.6. The molecule has 0 radical (unpaired) electrons. The monoisotopic (exact) mass is 519 g/mol. The quantitative estimate of drug-likeness (QED) is 0.279. The molecular formula is C23H30IN5O. The number of oxazole rings is 1. The molecule has 0 saturated heterocycles. The van der Waals surface area contributed by atoms with Crippen molar-refractivity contribution in [3.05, 3.63) is 77.2 Å². The molecule has 0 unspecified atom stereocenters. The van der Waals surface area contributed by atoms with Gasteiger partial charge in [-0.2, -0.15) is 0 Å².